The molecule has 0 fully saturated rings. The van der Waals surface area contributed by atoms with Crippen molar-refractivity contribution in [2.75, 3.05) is 13.2 Å². The molecule has 0 rings (SSSR count). The number of esters is 3. The normalized spacial score (nSPS) is 12.4. The van der Waals surface area contributed by atoms with E-state index < -0.39 is 6.10 Å². The molecule has 0 aliphatic carbocycles. The molecule has 0 radical (unpaired) electrons. The highest BCUT2D eigenvalue weighted by Crippen LogP contribution is 2.15. The second kappa shape index (κ2) is 51.0. The lowest BCUT2D eigenvalue weighted by molar-refractivity contribution is -0.167. The van der Waals surface area contributed by atoms with Gasteiger partial charge in [0.1, 0.15) is 13.2 Å². The summed E-state index contributed by atoms with van der Waals surface area (Å²) in [4.78, 5) is 38.0. The minimum Gasteiger partial charge on any atom is -0.462 e. The number of allylic oxidation sites excluding steroid dienone is 8. The third kappa shape index (κ3) is 48.4. The lowest BCUT2D eigenvalue weighted by atomic mass is 10.0. The van der Waals surface area contributed by atoms with E-state index in [4.69, 9.17) is 14.2 Å². The summed E-state index contributed by atoms with van der Waals surface area (Å²) >= 11 is 0. The SMILES string of the molecule is CCCCC/C=C\C/C=C\C/C=C\CCCCCCC(=O)OC[C@@H](COC(=O)CCCCCCC/C=C\CCCCCC)OC(=O)CCCCCCCCCCCCCCCC. The highest BCUT2D eigenvalue weighted by molar-refractivity contribution is 5.71. The van der Waals surface area contributed by atoms with Crippen LogP contribution in [0.3, 0.4) is 0 Å². The van der Waals surface area contributed by atoms with E-state index in [9.17, 15) is 14.4 Å². The van der Waals surface area contributed by atoms with Crippen molar-refractivity contribution in [2.24, 2.45) is 0 Å². The van der Waals surface area contributed by atoms with Gasteiger partial charge in [0, 0.05) is 19.3 Å². The minimum atomic E-state index is -0.782. The standard InChI is InChI=1S/C56H100O6/c1-4-7-10-13-16-19-22-25-27-28-29-32-34-37-40-43-46-49-55(58)61-52-53(51-60-54(57)48-45-42-39-36-33-30-24-21-18-15-12-9-6-3)62-56(59)50-47-44-41-38-35-31-26-23-20-17-14-11-8-5-2/h16,19,21,24-25,27,29,32,53H,4-15,17-18,20,22-23,26,28,30-31,33-52H2,1-3H3/b19-16-,24-21-,27-25-,32-29-/t53-/m1/s1. The summed E-state index contributed by atoms with van der Waals surface area (Å²) in [5.74, 6) is -0.903. The van der Waals surface area contributed by atoms with Crippen molar-refractivity contribution in [1.29, 1.82) is 0 Å². The number of carbonyl (C=O) groups excluding carboxylic acids is 3. The van der Waals surface area contributed by atoms with Crippen LogP contribution in [-0.2, 0) is 28.6 Å². The third-order valence-corrected chi connectivity index (χ3v) is 11.6. The van der Waals surface area contributed by atoms with E-state index in [-0.39, 0.29) is 31.1 Å². The summed E-state index contributed by atoms with van der Waals surface area (Å²) in [6.45, 7) is 6.59. The Morgan fingerprint density at radius 2 is 0.581 bits per heavy atom. The summed E-state index contributed by atoms with van der Waals surface area (Å²) in [7, 11) is 0. The van der Waals surface area contributed by atoms with Gasteiger partial charge < -0.3 is 14.2 Å². The lowest BCUT2D eigenvalue weighted by Gasteiger charge is -2.18. The Bertz CT molecular complexity index is 1090. The van der Waals surface area contributed by atoms with Crippen molar-refractivity contribution in [1.82, 2.24) is 0 Å². The van der Waals surface area contributed by atoms with Gasteiger partial charge in [-0.3, -0.25) is 14.4 Å². The van der Waals surface area contributed by atoms with Gasteiger partial charge in [-0.05, 0) is 83.5 Å². The first-order valence-corrected chi connectivity index (χ1v) is 26.6. The zero-order valence-electron chi connectivity index (χ0n) is 41.1. The second-order valence-electron chi connectivity index (χ2n) is 17.8. The molecule has 0 aliphatic rings. The zero-order chi connectivity index (χ0) is 45.1. The lowest BCUT2D eigenvalue weighted by Crippen LogP contribution is -2.30. The van der Waals surface area contributed by atoms with Crippen molar-refractivity contribution in [2.45, 2.75) is 277 Å². The summed E-state index contributed by atoms with van der Waals surface area (Å²) in [6, 6.07) is 0. The van der Waals surface area contributed by atoms with Gasteiger partial charge in [-0.15, -0.1) is 0 Å². The molecule has 0 aromatic rings. The van der Waals surface area contributed by atoms with Crippen LogP contribution in [0.15, 0.2) is 48.6 Å². The van der Waals surface area contributed by atoms with Crippen LogP contribution in [0.1, 0.15) is 271 Å². The molecule has 62 heavy (non-hydrogen) atoms. The van der Waals surface area contributed by atoms with Gasteiger partial charge in [0.05, 0.1) is 0 Å². The highest BCUT2D eigenvalue weighted by atomic mass is 16.6. The molecule has 0 bridgehead atoms. The molecule has 6 nitrogen and oxygen atoms in total. The molecular weight excluding hydrogens is 769 g/mol. The van der Waals surface area contributed by atoms with Crippen LogP contribution >= 0.6 is 0 Å². The van der Waals surface area contributed by atoms with E-state index in [1.807, 2.05) is 0 Å². The molecule has 0 heterocycles. The van der Waals surface area contributed by atoms with Crippen LogP contribution in [0.5, 0.6) is 0 Å². The van der Waals surface area contributed by atoms with Gasteiger partial charge in [0.2, 0.25) is 0 Å². The maximum Gasteiger partial charge on any atom is 0.306 e. The molecule has 0 spiro atoms. The maximum atomic E-state index is 12.8. The van der Waals surface area contributed by atoms with Crippen molar-refractivity contribution < 1.29 is 28.6 Å². The molecule has 0 saturated heterocycles. The molecular formula is C56H100O6. The quantitative estimate of drug-likeness (QED) is 0.0262. The molecule has 0 saturated carbocycles. The van der Waals surface area contributed by atoms with E-state index in [0.717, 1.165) is 89.9 Å². The van der Waals surface area contributed by atoms with E-state index in [2.05, 4.69) is 69.4 Å². The summed E-state index contributed by atoms with van der Waals surface area (Å²) < 4.78 is 16.8. The fourth-order valence-electron chi connectivity index (χ4n) is 7.50. The Balaban J connectivity index is 4.40. The Kier molecular flexibility index (Phi) is 48.8. The van der Waals surface area contributed by atoms with Crippen LogP contribution in [0.2, 0.25) is 0 Å². The van der Waals surface area contributed by atoms with Gasteiger partial charge in [-0.2, -0.15) is 0 Å². The molecule has 6 heteroatoms. The van der Waals surface area contributed by atoms with Crippen molar-refractivity contribution >= 4 is 17.9 Å². The van der Waals surface area contributed by atoms with E-state index in [0.29, 0.717) is 19.3 Å². The first-order chi connectivity index (χ1) is 30.5. The van der Waals surface area contributed by atoms with Gasteiger partial charge in [-0.1, -0.05) is 217 Å². The van der Waals surface area contributed by atoms with Crippen LogP contribution in [0.4, 0.5) is 0 Å². The molecule has 1 atom stereocenters. The van der Waals surface area contributed by atoms with Gasteiger partial charge in [-0.25, -0.2) is 0 Å². The van der Waals surface area contributed by atoms with Crippen LogP contribution < -0.4 is 0 Å². The Hall–Kier alpha value is -2.63. The molecule has 0 N–H and O–H groups in total. The Labute approximate surface area is 384 Å². The van der Waals surface area contributed by atoms with Crippen molar-refractivity contribution in [3.05, 3.63) is 48.6 Å². The molecule has 360 valence electrons. The Morgan fingerprint density at radius 3 is 0.968 bits per heavy atom. The number of hydrogen-bond donors (Lipinski definition) is 0. The predicted octanol–water partition coefficient (Wildman–Crippen LogP) is 17.5. The molecule has 0 aromatic carbocycles. The topological polar surface area (TPSA) is 78.9 Å². The first kappa shape index (κ1) is 59.4. The van der Waals surface area contributed by atoms with Gasteiger partial charge in [0.15, 0.2) is 6.10 Å². The van der Waals surface area contributed by atoms with E-state index in [1.165, 1.54) is 141 Å². The number of ether oxygens (including phenoxy) is 3. The van der Waals surface area contributed by atoms with Gasteiger partial charge >= 0.3 is 17.9 Å². The van der Waals surface area contributed by atoms with Crippen LogP contribution in [-0.4, -0.2) is 37.2 Å². The number of hydrogen-bond acceptors (Lipinski definition) is 6. The highest BCUT2D eigenvalue weighted by Gasteiger charge is 2.19. The number of carbonyl (C=O) groups is 3. The van der Waals surface area contributed by atoms with Crippen LogP contribution in [0.25, 0.3) is 0 Å². The zero-order valence-corrected chi connectivity index (χ0v) is 41.1. The van der Waals surface area contributed by atoms with E-state index in [1.54, 1.807) is 0 Å². The summed E-state index contributed by atoms with van der Waals surface area (Å²) in [6.07, 6.45) is 60.9. The van der Waals surface area contributed by atoms with Crippen LogP contribution in [0, 0.1) is 0 Å². The largest absolute Gasteiger partial charge is 0.462 e. The maximum absolute atomic E-state index is 12.8. The first-order valence-electron chi connectivity index (χ1n) is 26.6. The third-order valence-electron chi connectivity index (χ3n) is 11.6. The fraction of sp³-hybridized carbons (Fsp3) is 0.804. The molecule has 0 unspecified atom stereocenters. The number of rotatable bonds is 48. The monoisotopic (exact) mass is 869 g/mol. The predicted molar refractivity (Wildman–Crippen MR) is 265 cm³/mol. The summed E-state index contributed by atoms with van der Waals surface area (Å²) in [5.41, 5.74) is 0. The van der Waals surface area contributed by atoms with Crippen molar-refractivity contribution in [3.63, 3.8) is 0 Å². The summed E-state index contributed by atoms with van der Waals surface area (Å²) in [5, 5.41) is 0. The smallest absolute Gasteiger partial charge is 0.306 e. The Morgan fingerprint density at radius 1 is 0.323 bits per heavy atom. The minimum absolute atomic E-state index is 0.0825. The van der Waals surface area contributed by atoms with E-state index >= 15 is 0 Å². The van der Waals surface area contributed by atoms with Crippen molar-refractivity contribution in [3.8, 4) is 0 Å². The average Bonchev–Trinajstić information content (AvgIpc) is 3.27. The van der Waals surface area contributed by atoms with Gasteiger partial charge in [0.25, 0.3) is 0 Å². The fourth-order valence-corrected chi connectivity index (χ4v) is 7.50. The second-order valence-corrected chi connectivity index (χ2v) is 17.8. The number of unbranched alkanes of at least 4 members (excludes halogenated alkanes) is 29. The molecule has 0 aromatic heterocycles. The molecule has 0 aliphatic heterocycles. The average molecular weight is 869 g/mol. The molecule has 0 amide bonds.